The Labute approximate surface area is 48.9 Å². The lowest BCUT2D eigenvalue weighted by atomic mass is 10.7. The number of rotatable bonds is 0. The molecule has 7 heavy (non-hydrogen) atoms. The third kappa shape index (κ3) is 3.52. The van der Waals surface area contributed by atoms with Gasteiger partial charge < -0.3 is 0 Å². The van der Waals surface area contributed by atoms with Gasteiger partial charge in [-0.3, -0.25) is 0 Å². The van der Waals surface area contributed by atoms with Gasteiger partial charge >= 0.3 is 0 Å². The molecule has 0 aliphatic rings. The molecule has 0 amide bonds. The highest BCUT2D eigenvalue weighted by atomic mass is 32.1. The van der Waals surface area contributed by atoms with Crippen molar-refractivity contribution in [3.8, 4) is 0 Å². The van der Waals surface area contributed by atoms with Crippen LogP contribution in [0.25, 0.3) is 0 Å². The number of thiol groups is 1. The van der Waals surface area contributed by atoms with E-state index < -0.39 is 0 Å². The van der Waals surface area contributed by atoms with Crippen molar-refractivity contribution in [2.45, 2.75) is 13.8 Å². The van der Waals surface area contributed by atoms with Crippen molar-refractivity contribution in [1.29, 1.82) is 0 Å². The highest BCUT2D eigenvalue weighted by molar-refractivity contribution is 7.79. The molecule has 0 saturated carbocycles. The fourth-order valence-electron chi connectivity index (χ4n) is 0.213. The van der Waals surface area contributed by atoms with Gasteiger partial charge in [-0.2, -0.15) is 0 Å². The summed E-state index contributed by atoms with van der Waals surface area (Å²) >= 11 is 3.62. The zero-order chi connectivity index (χ0) is 5.70. The molecule has 0 rings (SSSR count). The minimum Gasteiger partial charge on any atom is -0.246 e. The monoisotopic (exact) mass is 116 g/mol. The summed E-state index contributed by atoms with van der Waals surface area (Å²) in [5, 5.41) is 0. The molecule has 0 heterocycles. The van der Waals surface area contributed by atoms with E-state index in [0.717, 1.165) is 0 Å². The predicted molar refractivity (Wildman–Crippen MR) is 36.3 cm³/mol. The second kappa shape index (κ2) is 3.87. The van der Waals surface area contributed by atoms with E-state index in [1.165, 1.54) is 0 Å². The molecule has 0 aromatic carbocycles. The van der Waals surface area contributed by atoms with Gasteiger partial charge in [-0.15, -0.1) is 0 Å². The van der Waals surface area contributed by atoms with E-state index in [-0.39, 0.29) is 0 Å². The van der Waals surface area contributed by atoms with Crippen LogP contribution in [-0.4, -0.2) is 12.1 Å². The number of nitrogens with zero attached hydrogens (tertiary/aromatic N) is 2. The molecule has 0 bridgehead atoms. The maximum absolute atomic E-state index is 3.79. The maximum atomic E-state index is 3.79. The van der Waals surface area contributed by atoms with Crippen molar-refractivity contribution in [3.05, 3.63) is 0 Å². The number of hydrogen-bond acceptors (Lipinski definition) is 2. The minimum atomic E-state index is 0.686. The Hall–Kier alpha value is -0.310. The molecular formula is C4H8N2S. The Morgan fingerprint density at radius 2 is 2.29 bits per heavy atom. The molecule has 40 valence electrons. The number of aliphatic imine (C=N–C) groups is 1. The standard InChI is InChI=1S/C4H8N2S/c1-3-5-4(2)6-7/h3,7H,1-2H3/b5-3?,6-4-. The summed E-state index contributed by atoms with van der Waals surface area (Å²) in [7, 11) is 0. The Morgan fingerprint density at radius 3 is 2.43 bits per heavy atom. The number of amidine groups is 1. The zero-order valence-corrected chi connectivity index (χ0v) is 5.31. The summed E-state index contributed by atoms with van der Waals surface area (Å²) in [6.07, 6.45) is 1.68. The Bertz CT molecular complexity index is 95.9. The Balaban J connectivity index is 3.58. The van der Waals surface area contributed by atoms with Crippen LogP contribution in [0.5, 0.6) is 0 Å². The van der Waals surface area contributed by atoms with Gasteiger partial charge in [-0.25, -0.2) is 9.39 Å². The van der Waals surface area contributed by atoms with Crippen LogP contribution in [0.4, 0.5) is 0 Å². The van der Waals surface area contributed by atoms with Crippen LogP contribution in [0, 0.1) is 0 Å². The van der Waals surface area contributed by atoms with Crippen molar-refractivity contribution in [3.63, 3.8) is 0 Å². The lowest BCUT2D eigenvalue weighted by Crippen LogP contribution is -1.79. The summed E-state index contributed by atoms with van der Waals surface area (Å²) in [6, 6.07) is 0. The van der Waals surface area contributed by atoms with Crippen molar-refractivity contribution in [2.24, 2.45) is 9.39 Å². The van der Waals surface area contributed by atoms with Crippen LogP contribution in [0.2, 0.25) is 0 Å². The largest absolute Gasteiger partial charge is 0.246 e. The van der Waals surface area contributed by atoms with Gasteiger partial charge in [0.2, 0.25) is 0 Å². The average Bonchev–Trinajstić information content (AvgIpc) is 1.68. The van der Waals surface area contributed by atoms with Crippen molar-refractivity contribution < 1.29 is 0 Å². The lowest BCUT2D eigenvalue weighted by Gasteiger charge is -1.79. The van der Waals surface area contributed by atoms with Gasteiger partial charge in [-0.1, -0.05) is 0 Å². The van der Waals surface area contributed by atoms with Crippen LogP contribution in [-0.2, 0) is 0 Å². The molecule has 2 nitrogen and oxygen atoms in total. The highest BCUT2D eigenvalue weighted by Crippen LogP contribution is 1.80. The molecule has 0 spiro atoms. The second-order valence-electron chi connectivity index (χ2n) is 1.03. The van der Waals surface area contributed by atoms with Crippen LogP contribution >= 0.6 is 12.8 Å². The second-order valence-corrected chi connectivity index (χ2v) is 1.23. The molecule has 0 unspecified atom stereocenters. The van der Waals surface area contributed by atoms with Crippen LogP contribution in [0.3, 0.4) is 0 Å². The van der Waals surface area contributed by atoms with E-state index >= 15 is 0 Å². The average molecular weight is 116 g/mol. The van der Waals surface area contributed by atoms with E-state index in [9.17, 15) is 0 Å². The molecule has 0 aromatic rings. The summed E-state index contributed by atoms with van der Waals surface area (Å²) in [6.45, 7) is 3.62. The van der Waals surface area contributed by atoms with Crippen LogP contribution < -0.4 is 0 Å². The third-order valence-corrected chi connectivity index (χ3v) is 0.750. The first kappa shape index (κ1) is 6.69. The molecule has 0 aromatic heterocycles. The van der Waals surface area contributed by atoms with E-state index in [2.05, 4.69) is 22.2 Å². The van der Waals surface area contributed by atoms with Crippen molar-refractivity contribution >= 4 is 24.9 Å². The fraction of sp³-hybridized carbons (Fsp3) is 0.500. The molecule has 0 radical (unpaired) electrons. The highest BCUT2D eigenvalue weighted by Gasteiger charge is 1.73. The predicted octanol–water partition coefficient (Wildman–Crippen LogP) is 1.34. The van der Waals surface area contributed by atoms with Crippen molar-refractivity contribution in [2.75, 3.05) is 0 Å². The SMILES string of the molecule is CC=N/C(C)=N\S. The smallest absolute Gasteiger partial charge is 0.132 e. The lowest BCUT2D eigenvalue weighted by molar-refractivity contribution is 1.59. The van der Waals surface area contributed by atoms with Gasteiger partial charge in [0.15, 0.2) is 0 Å². The van der Waals surface area contributed by atoms with E-state index in [1.54, 1.807) is 13.1 Å². The van der Waals surface area contributed by atoms with Crippen molar-refractivity contribution in [1.82, 2.24) is 0 Å². The van der Waals surface area contributed by atoms with E-state index in [0.29, 0.717) is 5.84 Å². The molecule has 0 saturated heterocycles. The minimum absolute atomic E-state index is 0.686. The fourth-order valence-corrected chi connectivity index (χ4v) is 0.264. The summed E-state index contributed by atoms with van der Waals surface area (Å²) in [5.41, 5.74) is 0. The van der Waals surface area contributed by atoms with Gasteiger partial charge in [0.05, 0.1) is 0 Å². The van der Waals surface area contributed by atoms with Gasteiger partial charge in [0.1, 0.15) is 5.84 Å². The maximum Gasteiger partial charge on any atom is 0.132 e. The summed E-state index contributed by atoms with van der Waals surface area (Å²) in [5.74, 6) is 0.686. The van der Waals surface area contributed by atoms with Gasteiger partial charge in [0, 0.05) is 6.21 Å². The zero-order valence-electron chi connectivity index (χ0n) is 4.42. The first-order chi connectivity index (χ1) is 3.31. The quantitative estimate of drug-likeness (QED) is 0.281. The Kier molecular flexibility index (Phi) is 3.69. The van der Waals surface area contributed by atoms with E-state index in [1.807, 2.05) is 6.92 Å². The first-order valence-corrected chi connectivity index (χ1v) is 2.38. The summed E-state index contributed by atoms with van der Waals surface area (Å²) < 4.78 is 3.49. The molecule has 0 aliphatic heterocycles. The van der Waals surface area contributed by atoms with E-state index in [4.69, 9.17) is 0 Å². The van der Waals surface area contributed by atoms with Gasteiger partial charge in [0.25, 0.3) is 0 Å². The molecule has 3 heteroatoms. The first-order valence-electron chi connectivity index (χ1n) is 1.98. The van der Waals surface area contributed by atoms with Gasteiger partial charge in [-0.05, 0) is 26.7 Å². The molecule has 0 N–H and O–H groups in total. The third-order valence-electron chi connectivity index (χ3n) is 0.461. The Morgan fingerprint density at radius 1 is 1.71 bits per heavy atom. The summed E-state index contributed by atoms with van der Waals surface area (Å²) in [4.78, 5) is 3.79. The molecular weight excluding hydrogens is 108 g/mol. The normalized spacial score (nSPS) is 13.3. The molecule has 0 atom stereocenters. The van der Waals surface area contributed by atoms with Crippen LogP contribution in [0.1, 0.15) is 13.8 Å². The topological polar surface area (TPSA) is 24.7 Å². The van der Waals surface area contributed by atoms with Crippen LogP contribution in [0.15, 0.2) is 9.39 Å². The molecule has 0 fully saturated rings. The molecule has 0 aliphatic carbocycles. The number of hydrogen-bond donors (Lipinski definition) is 1.